The second kappa shape index (κ2) is 5.46. The Balaban J connectivity index is 2.17. The summed E-state index contributed by atoms with van der Waals surface area (Å²) in [5.74, 6) is -1.03. The van der Waals surface area contributed by atoms with E-state index in [-0.39, 0.29) is 5.56 Å². The Morgan fingerprint density at radius 2 is 2.22 bits per heavy atom. The van der Waals surface area contributed by atoms with Crippen molar-refractivity contribution in [2.24, 2.45) is 0 Å². The molecule has 0 fully saturated rings. The molecular weight excluding hydrogens is 254 g/mol. The van der Waals surface area contributed by atoms with E-state index in [0.29, 0.717) is 17.3 Å². The van der Waals surface area contributed by atoms with Gasteiger partial charge in [0.05, 0.1) is 17.8 Å². The van der Waals surface area contributed by atoms with E-state index in [1.165, 1.54) is 6.07 Å². The van der Waals surface area contributed by atoms with E-state index < -0.39 is 5.97 Å². The number of benzene rings is 1. The molecule has 0 bridgehead atoms. The molecule has 0 spiro atoms. The van der Waals surface area contributed by atoms with Crippen LogP contribution in [0.3, 0.4) is 0 Å². The molecule has 1 aromatic carbocycles. The molecule has 0 atom stereocenters. The highest BCUT2D eigenvalue weighted by molar-refractivity contribution is 6.31. The summed E-state index contributed by atoms with van der Waals surface area (Å²) in [5.41, 5.74) is 1.35. The molecule has 2 N–H and O–H groups in total. The quantitative estimate of drug-likeness (QED) is 0.886. The highest BCUT2D eigenvalue weighted by Crippen LogP contribution is 2.21. The van der Waals surface area contributed by atoms with E-state index in [4.69, 9.17) is 16.7 Å². The maximum atomic E-state index is 11.1. The first-order chi connectivity index (χ1) is 8.66. The van der Waals surface area contributed by atoms with Crippen LogP contribution in [0.25, 0.3) is 0 Å². The Morgan fingerprint density at radius 1 is 1.39 bits per heavy atom. The molecule has 0 aliphatic rings. The molecule has 18 heavy (non-hydrogen) atoms. The number of carboxylic acids is 1. The number of hydrogen-bond acceptors (Lipinski definition) is 4. The number of anilines is 1. The van der Waals surface area contributed by atoms with Crippen molar-refractivity contribution in [3.8, 4) is 0 Å². The smallest absolute Gasteiger partial charge is 0.337 e. The fraction of sp³-hybridized carbons (Fsp3) is 0.0833. The largest absolute Gasteiger partial charge is 0.478 e. The predicted molar refractivity (Wildman–Crippen MR) is 67.8 cm³/mol. The van der Waals surface area contributed by atoms with E-state index in [9.17, 15) is 4.79 Å². The summed E-state index contributed by atoms with van der Waals surface area (Å²) >= 11 is 5.76. The average Bonchev–Trinajstić information content (AvgIpc) is 2.38. The summed E-state index contributed by atoms with van der Waals surface area (Å²) in [6, 6.07) is 8.23. The first kappa shape index (κ1) is 12.3. The molecular formula is C12H10ClN3O2. The first-order valence-electron chi connectivity index (χ1n) is 5.20. The summed E-state index contributed by atoms with van der Waals surface area (Å²) in [5, 5.41) is 20.1. The van der Waals surface area contributed by atoms with Gasteiger partial charge in [-0.05, 0) is 30.3 Å². The summed E-state index contributed by atoms with van der Waals surface area (Å²) < 4.78 is 0. The van der Waals surface area contributed by atoms with Gasteiger partial charge in [-0.2, -0.15) is 10.2 Å². The minimum Gasteiger partial charge on any atom is -0.478 e. The SMILES string of the molecule is O=C(O)c1cc(Cl)ccc1NCc1cccnn1. The van der Waals surface area contributed by atoms with Crippen LogP contribution in [0.2, 0.25) is 5.02 Å². The number of hydrogen-bond donors (Lipinski definition) is 2. The number of carbonyl (C=O) groups is 1. The number of halogens is 1. The molecule has 0 aliphatic carbocycles. The van der Waals surface area contributed by atoms with Gasteiger partial charge >= 0.3 is 5.97 Å². The van der Waals surface area contributed by atoms with Gasteiger partial charge in [0, 0.05) is 16.9 Å². The van der Waals surface area contributed by atoms with Crippen LogP contribution in [0.15, 0.2) is 36.5 Å². The molecule has 0 saturated heterocycles. The van der Waals surface area contributed by atoms with E-state index in [1.807, 2.05) is 0 Å². The zero-order valence-corrected chi connectivity index (χ0v) is 10.1. The van der Waals surface area contributed by atoms with Crippen molar-refractivity contribution in [2.45, 2.75) is 6.54 Å². The maximum absolute atomic E-state index is 11.1. The lowest BCUT2D eigenvalue weighted by molar-refractivity contribution is 0.0698. The molecule has 1 heterocycles. The van der Waals surface area contributed by atoms with Crippen LogP contribution in [0.1, 0.15) is 16.1 Å². The number of carboxylic acid groups (broad SMARTS) is 1. The predicted octanol–water partition coefficient (Wildman–Crippen LogP) is 2.44. The van der Waals surface area contributed by atoms with E-state index in [0.717, 1.165) is 5.69 Å². The lowest BCUT2D eigenvalue weighted by Crippen LogP contribution is -2.07. The van der Waals surface area contributed by atoms with Gasteiger partial charge in [0.25, 0.3) is 0 Å². The van der Waals surface area contributed by atoms with Crippen molar-refractivity contribution >= 4 is 23.3 Å². The number of nitrogens with one attached hydrogen (secondary N) is 1. The Labute approximate surface area is 108 Å². The van der Waals surface area contributed by atoms with Crippen molar-refractivity contribution < 1.29 is 9.90 Å². The molecule has 2 aromatic rings. The molecule has 0 unspecified atom stereocenters. The molecule has 2 rings (SSSR count). The lowest BCUT2D eigenvalue weighted by Gasteiger charge is -2.09. The Morgan fingerprint density at radius 3 is 2.89 bits per heavy atom. The molecule has 0 amide bonds. The van der Waals surface area contributed by atoms with E-state index in [2.05, 4.69) is 15.5 Å². The molecule has 92 valence electrons. The first-order valence-corrected chi connectivity index (χ1v) is 5.58. The normalized spacial score (nSPS) is 10.1. The minimum absolute atomic E-state index is 0.131. The standard InChI is InChI=1S/C12H10ClN3O2/c13-8-3-4-11(10(6-8)12(17)18)14-7-9-2-1-5-15-16-9/h1-6,14H,7H2,(H,17,18). The second-order valence-corrected chi connectivity index (χ2v) is 4.00. The van der Waals surface area contributed by atoms with E-state index in [1.54, 1.807) is 30.5 Å². The lowest BCUT2D eigenvalue weighted by atomic mass is 10.2. The summed E-state index contributed by atoms with van der Waals surface area (Å²) in [4.78, 5) is 11.1. The third-order valence-electron chi connectivity index (χ3n) is 2.30. The molecule has 0 radical (unpaired) electrons. The summed E-state index contributed by atoms with van der Waals surface area (Å²) in [7, 11) is 0. The fourth-order valence-corrected chi connectivity index (χ4v) is 1.63. The Kier molecular flexibility index (Phi) is 3.74. The molecule has 6 heteroatoms. The summed E-state index contributed by atoms with van der Waals surface area (Å²) in [6.07, 6.45) is 1.58. The van der Waals surface area contributed by atoms with Gasteiger partial charge < -0.3 is 10.4 Å². The van der Waals surface area contributed by atoms with E-state index >= 15 is 0 Å². The third-order valence-corrected chi connectivity index (χ3v) is 2.53. The van der Waals surface area contributed by atoms with Crippen molar-refractivity contribution in [1.82, 2.24) is 10.2 Å². The number of rotatable bonds is 4. The van der Waals surface area contributed by atoms with Crippen LogP contribution in [0.5, 0.6) is 0 Å². The Hall–Kier alpha value is -2.14. The molecule has 0 aliphatic heterocycles. The Bertz CT molecular complexity index is 561. The topological polar surface area (TPSA) is 75.1 Å². The molecule has 5 nitrogen and oxygen atoms in total. The third kappa shape index (κ3) is 2.95. The van der Waals surface area contributed by atoms with Crippen LogP contribution < -0.4 is 5.32 Å². The van der Waals surface area contributed by atoms with Gasteiger partial charge in [-0.25, -0.2) is 4.79 Å². The van der Waals surface area contributed by atoms with Gasteiger partial charge in [-0.3, -0.25) is 0 Å². The van der Waals surface area contributed by atoms with Crippen LogP contribution in [0, 0.1) is 0 Å². The monoisotopic (exact) mass is 263 g/mol. The molecule has 0 saturated carbocycles. The average molecular weight is 264 g/mol. The number of aromatic carboxylic acids is 1. The van der Waals surface area contributed by atoms with Gasteiger partial charge in [0.2, 0.25) is 0 Å². The summed E-state index contributed by atoms with van der Waals surface area (Å²) in [6.45, 7) is 0.399. The molecule has 1 aromatic heterocycles. The highest BCUT2D eigenvalue weighted by Gasteiger charge is 2.10. The van der Waals surface area contributed by atoms with Crippen molar-refractivity contribution in [1.29, 1.82) is 0 Å². The van der Waals surface area contributed by atoms with Crippen LogP contribution >= 0.6 is 11.6 Å². The van der Waals surface area contributed by atoms with Gasteiger partial charge in [0.1, 0.15) is 0 Å². The zero-order chi connectivity index (χ0) is 13.0. The number of aromatic nitrogens is 2. The second-order valence-electron chi connectivity index (χ2n) is 3.56. The van der Waals surface area contributed by atoms with Crippen LogP contribution in [0.4, 0.5) is 5.69 Å². The maximum Gasteiger partial charge on any atom is 0.337 e. The minimum atomic E-state index is -1.03. The number of nitrogens with zero attached hydrogens (tertiary/aromatic N) is 2. The van der Waals surface area contributed by atoms with Crippen molar-refractivity contribution in [3.63, 3.8) is 0 Å². The highest BCUT2D eigenvalue weighted by atomic mass is 35.5. The zero-order valence-electron chi connectivity index (χ0n) is 9.30. The van der Waals surface area contributed by atoms with Crippen LogP contribution in [-0.2, 0) is 6.54 Å². The van der Waals surface area contributed by atoms with Gasteiger partial charge in [-0.1, -0.05) is 11.6 Å². The van der Waals surface area contributed by atoms with Crippen LogP contribution in [-0.4, -0.2) is 21.3 Å². The van der Waals surface area contributed by atoms with Gasteiger partial charge in [0.15, 0.2) is 0 Å². The van der Waals surface area contributed by atoms with Gasteiger partial charge in [-0.15, -0.1) is 0 Å². The van der Waals surface area contributed by atoms with Crippen molar-refractivity contribution in [3.05, 3.63) is 52.8 Å². The fourth-order valence-electron chi connectivity index (χ4n) is 1.46. The van der Waals surface area contributed by atoms with Crippen molar-refractivity contribution in [2.75, 3.05) is 5.32 Å².